The van der Waals surface area contributed by atoms with Gasteiger partial charge in [-0.1, -0.05) is 40.9 Å². The average Bonchev–Trinajstić information content (AvgIpc) is 2.34. The van der Waals surface area contributed by atoms with E-state index in [2.05, 4.69) is 5.32 Å². The molecule has 102 valence electrons. The van der Waals surface area contributed by atoms with Gasteiger partial charge < -0.3 is 15.2 Å². The van der Waals surface area contributed by atoms with E-state index >= 15 is 0 Å². The fraction of sp³-hybridized carbons (Fsp3) is 0.500. The number of benzene rings is 1. The van der Waals surface area contributed by atoms with Crippen molar-refractivity contribution in [2.24, 2.45) is 0 Å². The van der Waals surface area contributed by atoms with Gasteiger partial charge in [-0.15, -0.1) is 0 Å². The van der Waals surface area contributed by atoms with Crippen LogP contribution >= 0.6 is 34.8 Å². The van der Waals surface area contributed by atoms with Gasteiger partial charge >= 0.3 is 0 Å². The van der Waals surface area contributed by atoms with Gasteiger partial charge in [0.2, 0.25) is 0 Å². The molecular formula is C12H16Cl3NO2. The molecule has 6 heteroatoms. The maximum absolute atomic E-state index is 9.55. The Morgan fingerprint density at radius 1 is 1.28 bits per heavy atom. The van der Waals surface area contributed by atoms with Crippen LogP contribution in [-0.4, -0.2) is 31.5 Å². The molecule has 0 spiro atoms. The van der Waals surface area contributed by atoms with Crippen molar-refractivity contribution in [1.82, 2.24) is 5.32 Å². The molecule has 2 unspecified atom stereocenters. The normalized spacial score (nSPS) is 14.6. The van der Waals surface area contributed by atoms with Gasteiger partial charge in [-0.05, 0) is 18.6 Å². The molecule has 18 heavy (non-hydrogen) atoms. The predicted molar refractivity (Wildman–Crippen MR) is 75.8 cm³/mol. The summed E-state index contributed by atoms with van der Waals surface area (Å²) >= 11 is 18.0. The Morgan fingerprint density at radius 2 is 1.94 bits per heavy atom. The number of ether oxygens (including phenoxy) is 1. The van der Waals surface area contributed by atoms with Crippen molar-refractivity contribution in [3.8, 4) is 0 Å². The molecule has 2 atom stereocenters. The molecule has 0 aliphatic heterocycles. The number of rotatable bonds is 6. The second-order valence-electron chi connectivity index (χ2n) is 4.00. The van der Waals surface area contributed by atoms with Gasteiger partial charge in [-0.25, -0.2) is 0 Å². The van der Waals surface area contributed by atoms with Crippen molar-refractivity contribution in [2.45, 2.75) is 19.1 Å². The van der Waals surface area contributed by atoms with Gasteiger partial charge in [0, 0.05) is 19.7 Å². The quantitative estimate of drug-likeness (QED) is 0.792. The van der Waals surface area contributed by atoms with Gasteiger partial charge in [0.05, 0.1) is 27.8 Å². The van der Waals surface area contributed by atoms with Crippen LogP contribution < -0.4 is 5.32 Å². The highest BCUT2D eigenvalue weighted by molar-refractivity contribution is 6.48. The van der Waals surface area contributed by atoms with E-state index < -0.39 is 6.10 Å². The molecule has 1 aromatic carbocycles. The van der Waals surface area contributed by atoms with Crippen molar-refractivity contribution in [1.29, 1.82) is 0 Å². The Kier molecular flexibility index (Phi) is 6.71. The van der Waals surface area contributed by atoms with Crippen LogP contribution in [0.3, 0.4) is 0 Å². The maximum Gasteiger partial charge on any atom is 0.0897 e. The van der Waals surface area contributed by atoms with E-state index in [0.717, 1.165) is 5.56 Å². The molecule has 0 aliphatic carbocycles. The van der Waals surface area contributed by atoms with Crippen LogP contribution in [0.2, 0.25) is 15.1 Å². The number of halogens is 3. The molecule has 0 saturated carbocycles. The van der Waals surface area contributed by atoms with E-state index in [4.69, 9.17) is 39.5 Å². The first-order valence-electron chi connectivity index (χ1n) is 5.51. The van der Waals surface area contributed by atoms with Crippen molar-refractivity contribution in [3.05, 3.63) is 32.8 Å². The first-order valence-corrected chi connectivity index (χ1v) is 6.64. The Morgan fingerprint density at radius 3 is 2.56 bits per heavy atom. The number of nitrogens with one attached hydrogen (secondary N) is 1. The summed E-state index contributed by atoms with van der Waals surface area (Å²) < 4.78 is 4.85. The molecule has 0 aliphatic rings. The molecular weight excluding hydrogens is 296 g/mol. The van der Waals surface area contributed by atoms with E-state index in [1.54, 1.807) is 13.2 Å². The fourth-order valence-electron chi connectivity index (χ4n) is 1.55. The molecule has 3 nitrogen and oxygen atoms in total. The van der Waals surface area contributed by atoms with Gasteiger partial charge in [0.15, 0.2) is 0 Å². The smallest absolute Gasteiger partial charge is 0.0897 e. The molecule has 1 aromatic rings. The van der Waals surface area contributed by atoms with Crippen LogP contribution in [0.25, 0.3) is 0 Å². The summed E-state index contributed by atoms with van der Waals surface area (Å²) in [5.74, 6) is 0. The minimum Gasteiger partial charge on any atom is -0.389 e. The number of aliphatic hydroxyl groups excluding tert-OH is 1. The Balaban J connectivity index is 2.67. The number of hydrogen-bond donors (Lipinski definition) is 2. The molecule has 0 radical (unpaired) electrons. The van der Waals surface area contributed by atoms with E-state index in [1.165, 1.54) is 0 Å². The lowest BCUT2D eigenvalue weighted by Crippen LogP contribution is -2.31. The van der Waals surface area contributed by atoms with Crippen molar-refractivity contribution in [2.75, 3.05) is 20.3 Å². The third kappa shape index (κ3) is 4.26. The Bertz CT molecular complexity index is 401. The summed E-state index contributed by atoms with van der Waals surface area (Å²) in [7, 11) is 1.54. The molecule has 0 saturated heterocycles. The zero-order valence-corrected chi connectivity index (χ0v) is 12.5. The van der Waals surface area contributed by atoms with E-state index in [1.807, 2.05) is 13.0 Å². The van der Waals surface area contributed by atoms with Crippen molar-refractivity contribution >= 4 is 34.8 Å². The first kappa shape index (κ1) is 16.0. The van der Waals surface area contributed by atoms with E-state index in [-0.39, 0.29) is 12.6 Å². The summed E-state index contributed by atoms with van der Waals surface area (Å²) in [4.78, 5) is 0. The first-order chi connectivity index (χ1) is 8.47. The highest BCUT2D eigenvalue weighted by Crippen LogP contribution is 2.35. The van der Waals surface area contributed by atoms with Gasteiger partial charge in [0.25, 0.3) is 0 Å². The highest BCUT2D eigenvalue weighted by atomic mass is 35.5. The third-order valence-corrected chi connectivity index (χ3v) is 3.86. The molecule has 0 heterocycles. The second-order valence-corrected chi connectivity index (χ2v) is 5.17. The number of methoxy groups -OCH3 is 1. The lowest BCUT2D eigenvalue weighted by molar-refractivity contribution is 0.0630. The van der Waals surface area contributed by atoms with Crippen LogP contribution in [0, 0.1) is 0 Å². The van der Waals surface area contributed by atoms with Crippen LogP contribution in [0.5, 0.6) is 0 Å². The van der Waals surface area contributed by atoms with E-state index in [9.17, 15) is 5.11 Å². The predicted octanol–water partition coefficient (Wildman–Crippen LogP) is 3.30. The lowest BCUT2D eigenvalue weighted by atomic mass is 10.1. The molecule has 0 amide bonds. The van der Waals surface area contributed by atoms with Gasteiger partial charge in [0.1, 0.15) is 0 Å². The Hall–Kier alpha value is -0.0300. The zero-order valence-electron chi connectivity index (χ0n) is 10.2. The monoisotopic (exact) mass is 311 g/mol. The summed E-state index contributed by atoms with van der Waals surface area (Å²) in [6, 6.07) is 3.48. The van der Waals surface area contributed by atoms with Crippen molar-refractivity contribution < 1.29 is 9.84 Å². The highest BCUT2D eigenvalue weighted by Gasteiger charge is 2.15. The molecule has 0 aromatic heterocycles. The number of aliphatic hydroxyl groups is 1. The summed E-state index contributed by atoms with van der Waals surface area (Å²) in [6.07, 6.45) is -0.556. The van der Waals surface area contributed by atoms with Gasteiger partial charge in [-0.2, -0.15) is 0 Å². The Labute approximate surface area is 122 Å². The molecule has 2 N–H and O–H groups in total. The molecule has 0 bridgehead atoms. The SMILES string of the molecule is COCC(O)CNC(C)c1ccc(Cl)c(Cl)c1Cl. The lowest BCUT2D eigenvalue weighted by Gasteiger charge is -2.19. The van der Waals surface area contributed by atoms with E-state index in [0.29, 0.717) is 21.6 Å². The zero-order chi connectivity index (χ0) is 13.7. The van der Waals surface area contributed by atoms with Crippen LogP contribution in [0.15, 0.2) is 12.1 Å². The summed E-state index contributed by atoms with van der Waals surface area (Å²) in [5.41, 5.74) is 0.843. The fourth-order valence-corrected chi connectivity index (χ4v) is 2.26. The maximum atomic E-state index is 9.55. The minimum absolute atomic E-state index is 0.0428. The third-order valence-electron chi connectivity index (χ3n) is 2.55. The average molecular weight is 313 g/mol. The molecule has 0 fully saturated rings. The van der Waals surface area contributed by atoms with Crippen LogP contribution in [-0.2, 0) is 4.74 Å². The van der Waals surface area contributed by atoms with Crippen LogP contribution in [0.4, 0.5) is 0 Å². The van der Waals surface area contributed by atoms with Crippen molar-refractivity contribution in [3.63, 3.8) is 0 Å². The number of hydrogen-bond acceptors (Lipinski definition) is 3. The summed E-state index contributed by atoms with van der Waals surface area (Å²) in [5, 5.41) is 13.9. The second kappa shape index (κ2) is 7.53. The van der Waals surface area contributed by atoms with Crippen LogP contribution in [0.1, 0.15) is 18.5 Å². The van der Waals surface area contributed by atoms with Gasteiger partial charge in [-0.3, -0.25) is 0 Å². The molecule has 1 rings (SSSR count). The standard InChI is InChI=1S/C12H16Cl3NO2/c1-7(16-5-8(17)6-18-2)9-3-4-10(13)12(15)11(9)14/h3-4,7-8,16-17H,5-6H2,1-2H3. The largest absolute Gasteiger partial charge is 0.389 e. The summed E-state index contributed by atoms with van der Waals surface area (Å²) in [6.45, 7) is 2.63. The topological polar surface area (TPSA) is 41.5 Å². The minimum atomic E-state index is -0.556.